The largest absolute Gasteiger partial charge is 0.496 e. The highest BCUT2D eigenvalue weighted by molar-refractivity contribution is 5.72. The minimum absolute atomic E-state index is 0.0623. The number of rotatable bonds is 3. The third kappa shape index (κ3) is 2.26. The maximum Gasteiger partial charge on any atom is 0.131 e. The molecule has 1 heterocycles. The second kappa shape index (κ2) is 5.10. The van der Waals surface area contributed by atoms with Crippen LogP contribution in [0.25, 0.3) is 11.3 Å². The van der Waals surface area contributed by atoms with Gasteiger partial charge >= 0.3 is 0 Å². The fourth-order valence-corrected chi connectivity index (χ4v) is 2.60. The molecule has 102 valence electrons. The Kier molecular flexibility index (Phi) is 3.67. The molecule has 0 amide bonds. The van der Waals surface area contributed by atoms with Crippen molar-refractivity contribution in [2.75, 3.05) is 7.11 Å². The smallest absolute Gasteiger partial charge is 0.131 e. The van der Waals surface area contributed by atoms with Gasteiger partial charge < -0.3 is 14.4 Å². The van der Waals surface area contributed by atoms with Gasteiger partial charge in [-0.05, 0) is 49.6 Å². The Bertz CT molecular complexity index is 612. The minimum atomic E-state index is 0.0623. The van der Waals surface area contributed by atoms with E-state index in [0.29, 0.717) is 0 Å². The Balaban J connectivity index is 2.71. The molecule has 1 aromatic carbocycles. The van der Waals surface area contributed by atoms with Gasteiger partial charge in [0.2, 0.25) is 0 Å². The minimum Gasteiger partial charge on any atom is -0.496 e. The van der Waals surface area contributed by atoms with Crippen LogP contribution in [0, 0.1) is 20.8 Å². The van der Waals surface area contributed by atoms with Crippen LogP contribution in [0.4, 0.5) is 0 Å². The third-order valence-corrected chi connectivity index (χ3v) is 3.71. The highest BCUT2D eigenvalue weighted by Gasteiger charge is 2.15. The van der Waals surface area contributed by atoms with Crippen molar-refractivity contribution in [3.8, 4) is 17.0 Å². The molecule has 1 aromatic heterocycles. The number of aromatic nitrogens is 1. The van der Waals surface area contributed by atoms with Gasteiger partial charge in [0, 0.05) is 18.3 Å². The van der Waals surface area contributed by atoms with E-state index in [9.17, 15) is 5.11 Å². The van der Waals surface area contributed by atoms with Crippen LogP contribution in [0.3, 0.4) is 0 Å². The number of benzene rings is 1. The fraction of sp³-hybridized carbons (Fsp3) is 0.375. The Hall–Kier alpha value is -1.74. The number of aryl methyl sites for hydroxylation is 2. The van der Waals surface area contributed by atoms with Crippen LogP contribution in [0.5, 0.6) is 5.75 Å². The van der Waals surface area contributed by atoms with Crippen molar-refractivity contribution in [2.24, 2.45) is 7.05 Å². The van der Waals surface area contributed by atoms with Crippen LogP contribution in [0.15, 0.2) is 18.2 Å². The number of methoxy groups -OCH3 is 1. The van der Waals surface area contributed by atoms with E-state index in [4.69, 9.17) is 4.74 Å². The Morgan fingerprint density at radius 2 is 1.84 bits per heavy atom. The molecule has 2 aromatic rings. The lowest BCUT2D eigenvalue weighted by atomic mass is 10.0. The quantitative estimate of drug-likeness (QED) is 0.919. The summed E-state index contributed by atoms with van der Waals surface area (Å²) in [4.78, 5) is 0. The monoisotopic (exact) mass is 259 g/mol. The van der Waals surface area contributed by atoms with Gasteiger partial charge in [0.05, 0.1) is 19.4 Å². The molecular formula is C16H21NO2. The number of hydrogen-bond acceptors (Lipinski definition) is 2. The first-order valence-electron chi connectivity index (χ1n) is 6.41. The molecule has 2 rings (SSSR count). The summed E-state index contributed by atoms with van der Waals surface area (Å²) in [5, 5.41) is 9.39. The van der Waals surface area contributed by atoms with Gasteiger partial charge in [-0.1, -0.05) is 6.07 Å². The second-order valence-corrected chi connectivity index (χ2v) is 5.02. The molecule has 0 atom stereocenters. The van der Waals surface area contributed by atoms with E-state index < -0.39 is 0 Å². The lowest BCUT2D eigenvalue weighted by Crippen LogP contribution is -1.98. The van der Waals surface area contributed by atoms with Crippen molar-refractivity contribution in [1.82, 2.24) is 4.57 Å². The molecule has 0 bridgehead atoms. The lowest BCUT2D eigenvalue weighted by molar-refractivity contribution is 0.281. The van der Waals surface area contributed by atoms with Gasteiger partial charge in [-0.15, -0.1) is 0 Å². The molecule has 0 aliphatic rings. The van der Waals surface area contributed by atoms with Crippen molar-refractivity contribution < 1.29 is 9.84 Å². The highest BCUT2D eigenvalue weighted by Crippen LogP contribution is 2.35. The van der Waals surface area contributed by atoms with Gasteiger partial charge in [-0.2, -0.15) is 0 Å². The molecule has 0 unspecified atom stereocenters. The summed E-state index contributed by atoms with van der Waals surface area (Å²) in [7, 11) is 3.71. The van der Waals surface area contributed by atoms with E-state index in [1.165, 1.54) is 5.56 Å². The second-order valence-electron chi connectivity index (χ2n) is 5.02. The zero-order valence-electron chi connectivity index (χ0n) is 12.2. The van der Waals surface area contributed by atoms with Crippen LogP contribution >= 0.6 is 0 Å². The van der Waals surface area contributed by atoms with Crippen molar-refractivity contribution in [3.63, 3.8) is 0 Å². The third-order valence-electron chi connectivity index (χ3n) is 3.71. The zero-order chi connectivity index (χ0) is 14.2. The number of aliphatic hydroxyl groups is 1. The van der Waals surface area contributed by atoms with E-state index in [1.807, 2.05) is 20.0 Å². The van der Waals surface area contributed by atoms with Gasteiger partial charge in [0.15, 0.2) is 0 Å². The first kappa shape index (κ1) is 13.7. The van der Waals surface area contributed by atoms with Crippen molar-refractivity contribution in [3.05, 3.63) is 40.6 Å². The summed E-state index contributed by atoms with van der Waals surface area (Å²) in [6.45, 7) is 6.22. The van der Waals surface area contributed by atoms with Crippen molar-refractivity contribution in [1.29, 1.82) is 0 Å². The zero-order valence-corrected chi connectivity index (χ0v) is 12.2. The first-order valence-corrected chi connectivity index (χ1v) is 6.41. The predicted octanol–water partition coefficient (Wildman–Crippen LogP) is 3.12. The SMILES string of the molecule is COc1c(C)cc(C)cc1-c1cc(CO)c(C)n1C. The van der Waals surface area contributed by atoms with E-state index >= 15 is 0 Å². The average molecular weight is 259 g/mol. The summed E-state index contributed by atoms with van der Waals surface area (Å²) >= 11 is 0. The number of hydrogen-bond donors (Lipinski definition) is 1. The molecule has 0 saturated heterocycles. The standard InChI is InChI=1S/C16H21NO2/c1-10-6-11(2)16(19-5)14(7-10)15-8-13(9-18)12(3)17(15)4/h6-8,18H,9H2,1-5H3. The van der Waals surface area contributed by atoms with E-state index in [2.05, 4.69) is 30.5 Å². The van der Waals surface area contributed by atoms with Gasteiger partial charge in [-0.25, -0.2) is 0 Å². The Labute approximate surface area is 114 Å². The van der Waals surface area contributed by atoms with E-state index in [-0.39, 0.29) is 6.61 Å². The molecule has 0 fully saturated rings. The molecule has 0 saturated carbocycles. The first-order chi connectivity index (χ1) is 8.99. The van der Waals surface area contributed by atoms with Crippen molar-refractivity contribution in [2.45, 2.75) is 27.4 Å². The van der Waals surface area contributed by atoms with Crippen LogP contribution in [-0.4, -0.2) is 16.8 Å². The van der Waals surface area contributed by atoms with Crippen LogP contribution in [0.2, 0.25) is 0 Å². The van der Waals surface area contributed by atoms with Gasteiger partial charge in [0.1, 0.15) is 5.75 Å². The molecule has 0 aliphatic heterocycles. The average Bonchev–Trinajstić information content (AvgIpc) is 2.65. The predicted molar refractivity (Wildman–Crippen MR) is 77.5 cm³/mol. The normalized spacial score (nSPS) is 10.8. The van der Waals surface area contributed by atoms with E-state index in [0.717, 1.165) is 33.8 Å². The van der Waals surface area contributed by atoms with Gasteiger partial charge in [-0.3, -0.25) is 0 Å². The van der Waals surface area contributed by atoms with Crippen LogP contribution in [0.1, 0.15) is 22.4 Å². The maximum atomic E-state index is 9.39. The lowest BCUT2D eigenvalue weighted by Gasteiger charge is -2.14. The highest BCUT2D eigenvalue weighted by atomic mass is 16.5. The Morgan fingerprint density at radius 3 is 2.37 bits per heavy atom. The topological polar surface area (TPSA) is 34.4 Å². The summed E-state index contributed by atoms with van der Waals surface area (Å²) < 4.78 is 7.65. The van der Waals surface area contributed by atoms with E-state index in [1.54, 1.807) is 7.11 Å². The van der Waals surface area contributed by atoms with Crippen LogP contribution < -0.4 is 4.74 Å². The molecule has 0 aliphatic carbocycles. The van der Waals surface area contributed by atoms with Crippen LogP contribution in [-0.2, 0) is 13.7 Å². The molecule has 19 heavy (non-hydrogen) atoms. The summed E-state index contributed by atoms with van der Waals surface area (Å²) in [6, 6.07) is 6.28. The molecule has 3 nitrogen and oxygen atoms in total. The molecule has 3 heteroatoms. The van der Waals surface area contributed by atoms with Crippen molar-refractivity contribution >= 4 is 0 Å². The maximum absolute atomic E-state index is 9.39. The molecule has 0 spiro atoms. The Morgan fingerprint density at radius 1 is 1.16 bits per heavy atom. The molecule has 0 radical (unpaired) electrons. The summed E-state index contributed by atoms with van der Waals surface area (Å²) in [5.41, 5.74) is 6.52. The van der Waals surface area contributed by atoms with Gasteiger partial charge in [0.25, 0.3) is 0 Å². The summed E-state index contributed by atoms with van der Waals surface area (Å²) in [6.07, 6.45) is 0. The number of aliphatic hydroxyl groups excluding tert-OH is 1. The fourth-order valence-electron chi connectivity index (χ4n) is 2.60. The molecule has 1 N–H and O–H groups in total. The summed E-state index contributed by atoms with van der Waals surface area (Å²) in [5.74, 6) is 0.899. The molecular weight excluding hydrogens is 238 g/mol. The number of nitrogens with zero attached hydrogens (tertiary/aromatic N) is 1. The number of ether oxygens (including phenoxy) is 1.